The van der Waals surface area contributed by atoms with Gasteiger partial charge in [0, 0.05) is 12.1 Å². The van der Waals surface area contributed by atoms with E-state index in [1.54, 1.807) is 37.4 Å². The molecule has 0 amide bonds. The molecule has 3 aromatic rings. The molecule has 0 atom stereocenters. The van der Waals surface area contributed by atoms with Gasteiger partial charge in [0.05, 0.1) is 25.2 Å². The highest BCUT2D eigenvalue weighted by Crippen LogP contribution is 2.32. The molecule has 0 saturated heterocycles. The molecule has 0 spiro atoms. The van der Waals surface area contributed by atoms with Gasteiger partial charge in [-0.25, -0.2) is 4.79 Å². The molecule has 5 nitrogen and oxygen atoms in total. The van der Waals surface area contributed by atoms with Crippen molar-refractivity contribution in [1.29, 1.82) is 0 Å². The van der Waals surface area contributed by atoms with Crippen molar-refractivity contribution in [2.75, 3.05) is 14.2 Å². The topological polar surface area (TPSA) is 68.9 Å². The van der Waals surface area contributed by atoms with Crippen molar-refractivity contribution < 1.29 is 19.0 Å². The van der Waals surface area contributed by atoms with E-state index in [2.05, 4.69) is 0 Å². The van der Waals surface area contributed by atoms with E-state index in [-0.39, 0.29) is 5.75 Å². The van der Waals surface area contributed by atoms with Gasteiger partial charge in [-0.05, 0) is 23.8 Å². The third-order valence-corrected chi connectivity index (χ3v) is 3.42. The number of phenolic OH excluding ortho intramolecular Hbond substituents is 1. The number of phenols is 1. The van der Waals surface area contributed by atoms with E-state index < -0.39 is 5.63 Å². The molecule has 1 heterocycles. The minimum absolute atomic E-state index is 0.135. The summed E-state index contributed by atoms with van der Waals surface area (Å²) >= 11 is 0. The summed E-state index contributed by atoms with van der Waals surface area (Å²) in [5.74, 6) is 1.24. The van der Waals surface area contributed by atoms with Gasteiger partial charge < -0.3 is 19.0 Å². The Morgan fingerprint density at radius 1 is 1.00 bits per heavy atom. The van der Waals surface area contributed by atoms with Crippen LogP contribution in [0.2, 0.25) is 0 Å². The molecule has 0 aliphatic rings. The van der Waals surface area contributed by atoms with E-state index in [0.717, 1.165) is 0 Å². The number of hydrogen-bond donors (Lipinski definition) is 1. The first-order chi connectivity index (χ1) is 10.6. The van der Waals surface area contributed by atoms with Gasteiger partial charge in [0.25, 0.3) is 0 Å². The number of fused-ring (bicyclic) bond motifs is 1. The lowest BCUT2D eigenvalue weighted by atomic mass is 10.1. The largest absolute Gasteiger partial charge is 0.508 e. The summed E-state index contributed by atoms with van der Waals surface area (Å²) in [7, 11) is 3.07. The number of rotatable bonds is 3. The Morgan fingerprint density at radius 2 is 1.73 bits per heavy atom. The first kappa shape index (κ1) is 14.0. The molecule has 1 N–H and O–H groups in total. The summed E-state index contributed by atoms with van der Waals surface area (Å²) in [6.07, 6.45) is 0. The summed E-state index contributed by atoms with van der Waals surface area (Å²) in [5, 5.41) is 10.0. The monoisotopic (exact) mass is 298 g/mol. The van der Waals surface area contributed by atoms with Gasteiger partial charge >= 0.3 is 5.63 Å². The lowest BCUT2D eigenvalue weighted by Gasteiger charge is -2.09. The Hall–Kier alpha value is -2.95. The van der Waals surface area contributed by atoms with Crippen molar-refractivity contribution >= 4 is 11.0 Å². The van der Waals surface area contributed by atoms with E-state index in [4.69, 9.17) is 13.9 Å². The normalized spacial score (nSPS) is 10.6. The fourth-order valence-electron chi connectivity index (χ4n) is 2.29. The van der Waals surface area contributed by atoms with Gasteiger partial charge in [-0.2, -0.15) is 0 Å². The summed E-state index contributed by atoms with van der Waals surface area (Å²) < 4.78 is 15.9. The molecule has 3 rings (SSSR count). The third-order valence-electron chi connectivity index (χ3n) is 3.42. The van der Waals surface area contributed by atoms with Gasteiger partial charge in [0.2, 0.25) is 0 Å². The minimum atomic E-state index is -0.464. The summed E-state index contributed by atoms with van der Waals surface area (Å²) in [4.78, 5) is 12.2. The van der Waals surface area contributed by atoms with Gasteiger partial charge in [-0.1, -0.05) is 12.1 Å². The maximum absolute atomic E-state index is 12.2. The van der Waals surface area contributed by atoms with E-state index in [1.165, 1.54) is 19.2 Å². The van der Waals surface area contributed by atoms with E-state index >= 15 is 0 Å². The molecule has 0 radical (unpaired) electrons. The zero-order valence-electron chi connectivity index (χ0n) is 12.1. The van der Waals surface area contributed by atoms with Crippen LogP contribution in [0.4, 0.5) is 0 Å². The van der Waals surface area contributed by atoms with Crippen LogP contribution in [0, 0.1) is 0 Å². The van der Waals surface area contributed by atoms with Crippen molar-refractivity contribution in [3.63, 3.8) is 0 Å². The summed E-state index contributed by atoms with van der Waals surface area (Å²) in [6, 6.07) is 11.4. The quantitative estimate of drug-likeness (QED) is 0.752. The molecule has 5 heteroatoms. The lowest BCUT2D eigenvalue weighted by Crippen LogP contribution is -2.03. The van der Waals surface area contributed by atoms with E-state index in [9.17, 15) is 9.90 Å². The lowest BCUT2D eigenvalue weighted by molar-refractivity contribution is 0.396. The van der Waals surface area contributed by atoms with Crippen LogP contribution in [-0.2, 0) is 0 Å². The smallest absolute Gasteiger partial charge is 0.344 e. The Morgan fingerprint density at radius 3 is 2.36 bits per heavy atom. The van der Waals surface area contributed by atoms with Crippen LogP contribution in [0.15, 0.2) is 51.7 Å². The van der Waals surface area contributed by atoms with Crippen LogP contribution < -0.4 is 15.1 Å². The van der Waals surface area contributed by atoms with Gasteiger partial charge in [0.15, 0.2) is 0 Å². The molecule has 0 aliphatic carbocycles. The van der Waals surface area contributed by atoms with E-state index in [0.29, 0.717) is 33.6 Å². The molecule has 0 aliphatic heterocycles. The number of benzene rings is 2. The predicted molar refractivity (Wildman–Crippen MR) is 82.7 cm³/mol. The fraction of sp³-hybridized carbons (Fsp3) is 0.118. The zero-order valence-corrected chi connectivity index (χ0v) is 12.1. The molecule has 112 valence electrons. The number of hydrogen-bond acceptors (Lipinski definition) is 5. The maximum atomic E-state index is 12.2. The first-order valence-electron chi connectivity index (χ1n) is 6.61. The van der Waals surface area contributed by atoms with Crippen LogP contribution in [0.1, 0.15) is 0 Å². The predicted octanol–water partition coefficient (Wildman–Crippen LogP) is 3.18. The average molecular weight is 298 g/mol. The second-order valence-electron chi connectivity index (χ2n) is 4.74. The Labute approximate surface area is 126 Å². The number of ether oxygens (including phenoxy) is 2. The van der Waals surface area contributed by atoms with Crippen molar-refractivity contribution in [2.45, 2.75) is 0 Å². The maximum Gasteiger partial charge on any atom is 0.344 e. The average Bonchev–Trinajstić information content (AvgIpc) is 2.54. The van der Waals surface area contributed by atoms with Crippen LogP contribution in [0.5, 0.6) is 17.2 Å². The minimum Gasteiger partial charge on any atom is -0.508 e. The van der Waals surface area contributed by atoms with Crippen LogP contribution in [0.25, 0.3) is 22.1 Å². The van der Waals surface area contributed by atoms with Crippen molar-refractivity contribution in [2.24, 2.45) is 0 Å². The Bertz CT molecular complexity index is 878. The molecule has 0 saturated carbocycles. The Kier molecular flexibility index (Phi) is 3.47. The van der Waals surface area contributed by atoms with Gasteiger partial charge in [-0.15, -0.1) is 0 Å². The van der Waals surface area contributed by atoms with Crippen LogP contribution in [0.3, 0.4) is 0 Å². The second-order valence-corrected chi connectivity index (χ2v) is 4.74. The molecule has 0 fully saturated rings. The highest BCUT2D eigenvalue weighted by atomic mass is 16.5. The molecule has 0 bridgehead atoms. The fourth-order valence-corrected chi connectivity index (χ4v) is 2.29. The number of methoxy groups -OCH3 is 2. The molecule has 2 aromatic carbocycles. The van der Waals surface area contributed by atoms with E-state index in [1.807, 2.05) is 0 Å². The standard InChI is InChI=1S/C17H14O5/c1-20-12-7-15(21-2)14-9-13(17(19)22-16(14)8-12)10-3-5-11(18)6-4-10/h3-9,18H,1-2H3. The molecule has 0 unspecified atom stereocenters. The highest BCUT2D eigenvalue weighted by molar-refractivity contribution is 5.88. The number of aromatic hydroxyl groups is 1. The Balaban J connectivity index is 2.27. The second kappa shape index (κ2) is 5.44. The molecule has 1 aromatic heterocycles. The third kappa shape index (κ3) is 2.37. The highest BCUT2D eigenvalue weighted by Gasteiger charge is 2.13. The molecular weight excluding hydrogens is 284 g/mol. The summed E-state index contributed by atoms with van der Waals surface area (Å²) in [6.45, 7) is 0. The molecule has 22 heavy (non-hydrogen) atoms. The zero-order chi connectivity index (χ0) is 15.7. The summed E-state index contributed by atoms with van der Waals surface area (Å²) in [5.41, 5.74) is 0.986. The SMILES string of the molecule is COc1cc(OC)c2cc(-c3ccc(O)cc3)c(=O)oc2c1. The van der Waals surface area contributed by atoms with Crippen LogP contribution >= 0.6 is 0 Å². The van der Waals surface area contributed by atoms with Crippen molar-refractivity contribution in [3.8, 4) is 28.4 Å². The first-order valence-corrected chi connectivity index (χ1v) is 6.61. The van der Waals surface area contributed by atoms with Crippen molar-refractivity contribution in [1.82, 2.24) is 0 Å². The van der Waals surface area contributed by atoms with Gasteiger partial charge in [-0.3, -0.25) is 0 Å². The van der Waals surface area contributed by atoms with Gasteiger partial charge in [0.1, 0.15) is 22.8 Å². The molecular formula is C17H14O5. The van der Waals surface area contributed by atoms with Crippen molar-refractivity contribution in [3.05, 3.63) is 52.9 Å². The van der Waals surface area contributed by atoms with Crippen LogP contribution in [-0.4, -0.2) is 19.3 Å².